The lowest BCUT2D eigenvalue weighted by Crippen LogP contribution is -2.31. The molecule has 1 aliphatic heterocycles. The van der Waals surface area contributed by atoms with Gasteiger partial charge in [0.1, 0.15) is 0 Å². The Morgan fingerprint density at radius 1 is 1.23 bits per heavy atom. The summed E-state index contributed by atoms with van der Waals surface area (Å²) in [4.78, 5) is 19.7. The fraction of sp³-hybridized carbons (Fsp3) is 0.227. The van der Waals surface area contributed by atoms with Crippen molar-refractivity contribution in [3.8, 4) is 0 Å². The van der Waals surface area contributed by atoms with Crippen LogP contribution in [0.25, 0.3) is 0 Å². The van der Waals surface area contributed by atoms with E-state index in [1.165, 1.54) is 6.07 Å². The Hall–Kier alpha value is -3.87. The van der Waals surface area contributed by atoms with E-state index in [-0.39, 0.29) is 29.5 Å². The number of nitrogens with one attached hydrogen (secondary N) is 3. The second kappa shape index (κ2) is 9.41. The summed E-state index contributed by atoms with van der Waals surface area (Å²) >= 11 is 0. The number of hydrogen-bond acceptors (Lipinski definition) is 7. The Morgan fingerprint density at radius 3 is 2.71 bits per heavy atom. The number of carbonyl (C=O) groups is 1. The third-order valence-electron chi connectivity index (χ3n) is 5.21. The number of fused-ring (bicyclic) bond motifs is 1. The number of aryl methyl sites for hydroxylation is 1. The molecule has 0 saturated heterocycles. The summed E-state index contributed by atoms with van der Waals surface area (Å²) in [5.41, 5.74) is 2.72. The van der Waals surface area contributed by atoms with Gasteiger partial charge in [-0.15, -0.1) is 0 Å². The third kappa shape index (κ3) is 5.62. The van der Waals surface area contributed by atoms with Crippen molar-refractivity contribution in [1.29, 1.82) is 0 Å². The van der Waals surface area contributed by atoms with Crippen LogP contribution in [0.1, 0.15) is 16.7 Å². The van der Waals surface area contributed by atoms with E-state index in [1.807, 2.05) is 0 Å². The van der Waals surface area contributed by atoms with Crippen molar-refractivity contribution < 1.29 is 26.4 Å². The van der Waals surface area contributed by atoms with E-state index in [0.29, 0.717) is 21.8 Å². The van der Waals surface area contributed by atoms with Crippen LogP contribution in [0, 0.1) is 12.7 Å². The number of halogens is 3. The molecule has 0 saturated carbocycles. The van der Waals surface area contributed by atoms with Crippen molar-refractivity contribution in [2.24, 2.45) is 0 Å². The molecule has 0 atom stereocenters. The number of benzene rings is 2. The summed E-state index contributed by atoms with van der Waals surface area (Å²) < 4.78 is 68.6. The topological polar surface area (TPSA) is 116 Å². The van der Waals surface area contributed by atoms with Gasteiger partial charge in [0.2, 0.25) is 21.9 Å². The van der Waals surface area contributed by atoms with Gasteiger partial charge in [-0.1, -0.05) is 24.3 Å². The molecule has 0 bridgehead atoms. The second-order valence-electron chi connectivity index (χ2n) is 7.98. The fourth-order valence-corrected chi connectivity index (χ4v) is 4.32. The standard InChI is InChI=1S/C22H21F3N6O3S/c1-12-4-3-5-14(19(12)30-35(2,33)34)11-31(21(24)25)20-16(23)10-26-22(29-20)27-15-7-6-13-8-18(32)28-17(13)9-15/h3-7,9-10,21,30H,8,11H2,1-2H3,(H,28,32)(H,26,27,29). The van der Waals surface area contributed by atoms with Crippen molar-refractivity contribution in [3.63, 3.8) is 0 Å². The zero-order chi connectivity index (χ0) is 25.3. The van der Waals surface area contributed by atoms with Crippen LogP contribution in [-0.4, -0.2) is 37.1 Å². The first-order chi connectivity index (χ1) is 16.5. The number of amides is 1. The molecule has 3 N–H and O–H groups in total. The molecular formula is C22H21F3N6O3S. The highest BCUT2D eigenvalue weighted by molar-refractivity contribution is 7.92. The van der Waals surface area contributed by atoms with Gasteiger partial charge in [0.25, 0.3) is 0 Å². The number of sulfonamides is 1. The molecule has 1 aromatic heterocycles. The zero-order valence-corrected chi connectivity index (χ0v) is 19.5. The first-order valence-electron chi connectivity index (χ1n) is 10.3. The minimum atomic E-state index is -3.69. The molecule has 0 fully saturated rings. The number of nitrogens with zero attached hydrogens (tertiary/aromatic N) is 3. The highest BCUT2D eigenvalue weighted by atomic mass is 32.2. The average Bonchev–Trinajstić information content (AvgIpc) is 3.14. The third-order valence-corrected chi connectivity index (χ3v) is 5.79. The fourth-order valence-electron chi connectivity index (χ4n) is 3.65. The predicted octanol–water partition coefficient (Wildman–Crippen LogP) is 3.76. The molecular weight excluding hydrogens is 485 g/mol. The summed E-state index contributed by atoms with van der Waals surface area (Å²) in [6.07, 6.45) is 1.97. The Morgan fingerprint density at radius 2 is 2.00 bits per heavy atom. The maximum absolute atomic E-state index is 14.6. The first kappa shape index (κ1) is 24.3. The molecule has 13 heteroatoms. The highest BCUT2D eigenvalue weighted by Gasteiger charge is 2.25. The molecule has 0 spiro atoms. The number of carbonyl (C=O) groups excluding carboxylic acids is 1. The van der Waals surface area contributed by atoms with Gasteiger partial charge in [-0.2, -0.15) is 13.8 Å². The van der Waals surface area contributed by atoms with Gasteiger partial charge in [0.15, 0.2) is 11.6 Å². The van der Waals surface area contributed by atoms with Crippen LogP contribution in [0.3, 0.4) is 0 Å². The van der Waals surface area contributed by atoms with Crippen molar-refractivity contribution in [2.75, 3.05) is 26.5 Å². The molecule has 0 radical (unpaired) electrons. The minimum absolute atomic E-state index is 0.133. The quantitative estimate of drug-likeness (QED) is 0.399. The van der Waals surface area contributed by atoms with Gasteiger partial charge in [-0.25, -0.2) is 17.8 Å². The molecule has 1 amide bonds. The van der Waals surface area contributed by atoms with Gasteiger partial charge >= 0.3 is 6.55 Å². The molecule has 2 heterocycles. The van der Waals surface area contributed by atoms with Gasteiger partial charge in [0.05, 0.1) is 31.1 Å². The largest absolute Gasteiger partial charge is 0.325 e. The SMILES string of the molecule is Cc1cccc(CN(c2nc(Nc3ccc4c(c3)NC(=O)C4)ncc2F)C(F)F)c1NS(C)(=O)=O. The number of para-hydroxylation sites is 1. The van der Waals surface area contributed by atoms with E-state index < -0.39 is 34.8 Å². The van der Waals surface area contributed by atoms with Crippen molar-refractivity contribution in [2.45, 2.75) is 26.4 Å². The van der Waals surface area contributed by atoms with E-state index >= 15 is 0 Å². The smallest absolute Gasteiger partial charge is 0.316 e. The van der Waals surface area contributed by atoms with Crippen LogP contribution >= 0.6 is 0 Å². The highest BCUT2D eigenvalue weighted by Crippen LogP contribution is 2.30. The summed E-state index contributed by atoms with van der Waals surface area (Å²) in [7, 11) is -3.69. The van der Waals surface area contributed by atoms with Crippen LogP contribution in [0.5, 0.6) is 0 Å². The van der Waals surface area contributed by atoms with Crippen LogP contribution in [-0.2, 0) is 27.8 Å². The molecule has 0 unspecified atom stereocenters. The molecule has 35 heavy (non-hydrogen) atoms. The Balaban J connectivity index is 1.64. The molecule has 2 aromatic carbocycles. The van der Waals surface area contributed by atoms with Crippen molar-refractivity contribution >= 4 is 44.8 Å². The lowest BCUT2D eigenvalue weighted by atomic mass is 10.1. The number of hydrogen-bond donors (Lipinski definition) is 3. The van der Waals surface area contributed by atoms with E-state index in [9.17, 15) is 26.4 Å². The molecule has 4 rings (SSSR count). The van der Waals surface area contributed by atoms with E-state index in [4.69, 9.17) is 0 Å². The normalized spacial score (nSPS) is 12.9. The number of rotatable bonds is 8. The number of alkyl halides is 2. The molecule has 3 aromatic rings. The maximum atomic E-state index is 14.6. The van der Waals surface area contributed by atoms with Gasteiger partial charge < -0.3 is 10.6 Å². The van der Waals surface area contributed by atoms with Crippen LogP contribution < -0.4 is 20.3 Å². The zero-order valence-electron chi connectivity index (χ0n) is 18.6. The van der Waals surface area contributed by atoms with Crippen LogP contribution in [0.2, 0.25) is 0 Å². The molecule has 184 valence electrons. The molecule has 1 aliphatic rings. The number of anilines is 5. The number of aromatic nitrogens is 2. The molecule has 0 aliphatic carbocycles. The van der Waals surface area contributed by atoms with Gasteiger partial charge in [0, 0.05) is 11.4 Å². The minimum Gasteiger partial charge on any atom is -0.325 e. The van der Waals surface area contributed by atoms with Crippen molar-refractivity contribution in [3.05, 3.63) is 65.1 Å². The maximum Gasteiger partial charge on any atom is 0.316 e. The Bertz CT molecular complexity index is 1400. The van der Waals surface area contributed by atoms with E-state index in [1.54, 1.807) is 37.3 Å². The lowest BCUT2D eigenvalue weighted by molar-refractivity contribution is -0.115. The van der Waals surface area contributed by atoms with Crippen LogP contribution in [0.4, 0.5) is 42.0 Å². The second-order valence-corrected chi connectivity index (χ2v) is 9.72. The Kier molecular flexibility index (Phi) is 6.52. The summed E-state index contributed by atoms with van der Waals surface area (Å²) in [6.45, 7) is -2.07. The lowest BCUT2D eigenvalue weighted by Gasteiger charge is -2.25. The van der Waals surface area contributed by atoms with E-state index in [0.717, 1.165) is 18.0 Å². The van der Waals surface area contributed by atoms with Gasteiger partial charge in [-0.05, 0) is 35.7 Å². The van der Waals surface area contributed by atoms with Crippen LogP contribution in [0.15, 0.2) is 42.6 Å². The Labute approximate surface area is 199 Å². The van der Waals surface area contributed by atoms with E-state index in [2.05, 4.69) is 25.3 Å². The van der Waals surface area contributed by atoms with Crippen molar-refractivity contribution in [1.82, 2.24) is 9.97 Å². The average molecular weight is 507 g/mol. The predicted molar refractivity (Wildman–Crippen MR) is 126 cm³/mol. The summed E-state index contributed by atoms with van der Waals surface area (Å²) in [6, 6.07) is 9.68. The van der Waals surface area contributed by atoms with Gasteiger partial charge in [-0.3, -0.25) is 14.4 Å². The first-order valence-corrected chi connectivity index (χ1v) is 12.2. The molecule has 9 nitrogen and oxygen atoms in total. The summed E-state index contributed by atoms with van der Waals surface area (Å²) in [5, 5.41) is 5.52. The monoisotopic (exact) mass is 506 g/mol. The summed E-state index contributed by atoms with van der Waals surface area (Å²) in [5.74, 6) is -2.04.